The molecule has 0 heterocycles. The van der Waals surface area contributed by atoms with Crippen molar-refractivity contribution in [1.29, 1.82) is 0 Å². The Labute approximate surface area is 124 Å². The van der Waals surface area contributed by atoms with Gasteiger partial charge < -0.3 is 4.74 Å². The third-order valence-electron chi connectivity index (χ3n) is 3.07. The standard InChI is InChI=1S/C18H18O3/c1-2-12-21-18-11-7-6-10-15(18)17(20)13-16(19)14-8-4-3-5-9-14/h3-11H,2,12-13H2,1H3. The van der Waals surface area contributed by atoms with Crippen LogP contribution in [0.5, 0.6) is 5.75 Å². The van der Waals surface area contributed by atoms with E-state index in [9.17, 15) is 9.59 Å². The Morgan fingerprint density at radius 1 is 0.905 bits per heavy atom. The van der Waals surface area contributed by atoms with Gasteiger partial charge in [-0.3, -0.25) is 9.59 Å². The Bertz CT molecular complexity index is 617. The highest BCUT2D eigenvalue weighted by molar-refractivity contribution is 6.14. The minimum Gasteiger partial charge on any atom is -0.493 e. The molecule has 0 aromatic heterocycles. The van der Waals surface area contributed by atoms with Crippen molar-refractivity contribution >= 4 is 11.6 Å². The Morgan fingerprint density at radius 3 is 2.29 bits per heavy atom. The van der Waals surface area contributed by atoms with Crippen LogP contribution < -0.4 is 4.74 Å². The third kappa shape index (κ3) is 4.02. The maximum atomic E-state index is 12.3. The van der Waals surface area contributed by atoms with Crippen LogP contribution in [0.4, 0.5) is 0 Å². The van der Waals surface area contributed by atoms with E-state index < -0.39 is 0 Å². The van der Waals surface area contributed by atoms with E-state index in [4.69, 9.17) is 4.74 Å². The molecule has 0 aliphatic heterocycles. The Morgan fingerprint density at radius 2 is 1.57 bits per heavy atom. The molecule has 0 saturated heterocycles. The van der Waals surface area contributed by atoms with E-state index in [1.165, 1.54) is 0 Å². The summed E-state index contributed by atoms with van der Waals surface area (Å²) in [6.07, 6.45) is 0.724. The molecule has 2 aromatic rings. The predicted octanol–water partition coefficient (Wildman–Crippen LogP) is 3.93. The van der Waals surface area contributed by atoms with E-state index in [-0.39, 0.29) is 18.0 Å². The van der Waals surface area contributed by atoms with E-state index in [1.807, 2.05) is 19.1 Å². The number of rotatable bonds is 7. The van der Waals surface area contributed by atoms with Crippen LogP contribution in [0.1, 0.15) is 40.5 Å². The summed E-state index contributed by atoms with van der Waals surface area (Å²) in [5.41, 5.74) is 1.02. The highest BCUT2D eigenvalue weighted by Gasteiger charge is 2.16. The van der Waals surface area contributed by atoms with Crippen molar-refractivity contribution in [3.63, 3.8) is 0 Å². The summed E-state index contributed by atoms with van der Waals surface area (Å²) in [6, 6.07) is 15.9. The van der Waals surface area contributed by atoms with Crippen LogP contribution >= 0.6 is 0 Å². The molecule has 2 aromatic carbocycles. The molecule has 0 aliphatic rings. The monoisotopic (exact) mass is 282 g/mol. The molecule has 0 bridgehead atoms. The van der Waals surface area contributed by atoms with E-state index in [0.29, 0.717) is 23.5 Å². The molecule has 0 fully saturated rings. The van der Waals surface area contributed by atoms with Gasteiger partial charge in [-0.25, -0.2) is 0 Å². The fourth-order valence-corrected chi connectivity index (χ4v) is 2.00. The number of Topliss-reactive ketones (excluding diaryl/α,β-unsaturated/α-hetero) is 2. The number of carbonyl (C=O) groups is 2. The molecule has 0 N–H and O–H groups in total. The summed E-state index contributed by atoms with van der Waals surface area (Å²) in [5.74, 6) is 0.159. The van der Waals surface area contributed by atoms with Gasteiger partial charge in [-0.2, -0.15) is 0 Å². The van der Waals surface area contributed by atoms with Crippen molar-refractivity contribution < 1.29 is 14.3 Å². The summed E-state index contributed by atoms with van der Waals surface area (Å²) < 4.78 is 5.56. The number of carbonyl (C=O) groups excluding carboxylic acids is 2. The molecule has 0 amide bonds. The van der Waals surface area contributed by atoms with Crippen LogP contribution in [0.2, 0.25) is 0 Å². The van der Waals surface area contributed by atoms with Gasteiger partial charge in [0, 0.05) is 5.56 Å². The Balaban J connectivity index is 2.12. The van der Waals surface area contributed by atoms with Crippen LogP contribution in [-0.2, 0) is 0 Å². The molecule has 0 spiro atoms. The molecule has 0 aliphatic carbocycles. The third-order valence-corrected chi connectivity index (χ3v) is 3.07. The molecule has 0 radical (unpaired) electrons. The molecular formula is C18H18O3. The van der Waals surface area contributed by atoms with Crippen molar-refractivity contribution in [3.05, 3.63) is 65.7 Å². The molecule has 0 saturated carbocycles. The number of ketones is 2. The summed E-state index contributed by atoms with van der Waals surface area (Å²) >= 11 is 0. The van der Waals surface area contributed by atoms with Crippen LogP contribution in [0.15, 0.2) is 54.6 Å². The first-order valence-electron chi connectivity index (χ1n) is 7.05. The van der Waals surface area contributed by atoms with Gasteiger partial charge in [0.05, 0.1) is 18.6 Å². The van der Waals surface area contributed by atoms with Crippen molar-refractivity contribution in [1.82, 2.24) is 0 Å². The topological polar surface area (TPSA) is 43.4 Å². The minimum absolute atomic E-state index is 0.142. The molecule has 2 rings (SSSR count). The van der Waals surface area contributed by atoms with Crippen LogP contribution in [-0.4, -0.2) is 18.2 Å². The van der Waals surface area contributed by atoms with Gasteiger partial charge in [0.1, 0.15) is 5.75 Å². The molecule has 3 nitrogen and oxygen atoms in total. The SMILES string of the molecule is CCCOc1ccccc1C(=O)CC(=O)c1ccccc1. The van der Waals surface area contributed by atoms with Gasteiger partial charge in [-0.1, -0.05) is 49.4 Å². The van der Waals surface area contributed by atoms with E-state index >= 15 is 0 Å². The smallest absolute Gasteiger partial charge is 0.174 e. The largest absolute Gasteiger partial charge is 0.493 e. The van der Waals surface area contributed by atoms with E-state index in [0.717, 1.165) is 6.42 Å². The van der Waals surface area contributed by atoms with Gasteiger partial charge in [0.25, 0.3) is 0 Å². The second-order valence-electron chi connectivity index (χ2n) is 4.73. The second-order valence-corrected chi connectivity index (χ2v) is 4.73. The molecular weight excluding hydrogens is 264 g/mol. The average Bonchev–Trinajstić information content (AvgIpc) is 2.54. The zero-order chi connectivity index (χ0) is 15.1. The Kier molecular flexibility index (Phi) is 5.27. The normalized spacial score (nSPS) is 10.1. The van der Waals surface area contributed by atoms with Gasteiger partial charge >= 0.3 is 0 Å². The van der Waals surface area contributed by atoms with E-state index in [1.54, 1.807) is 42.5 Å². The fourth-order valence-electron chi connectivity index (χ4n) is 2.00. The Hall–Kier alpha value is -2.42. The van der Waals surface area contributed by atoms with E-state index in [2.05, 4.69) is 0 Å². The van der Waals surface area contributed by atoms with Crippen LogP contribution in [0.25, 0.3) is 0 Å². The lowest BCUT2D eigenvalue weighted by atomic mass is 10.0. The van der Waals surface area contributed by atoms with Gasteiger partial charge in [0.2, 0.25) is 0 Å². The molecule has 0 atom stereocenters. The number of benzene rings is 2. The zero-order valence-electron chi connectivity index (χ0n) is 12.0. The number of ether oxygens (including phenoxy) is 1. The van der Waals surface area contributed by atoms with Crippen LogP contribution in [0, 0.1) is 0 Å². The highest BCUT2D eigenvalue weighted by atomic mass is 16.5. The maximum Gasteiger partial charge on any atom is 0.174 e. The first kappa shape index (κ1) is 15.0. The lowest BCUT2D eigenvalue weighted by Crippen LogP contribution is -2.10. The van der Waals surface area contributed by atoms with Crippen molar-refractivity contribution in [3.8, 4) is 5.75 Å². The number of hydrogen-bond donors (Lipinski definition) is 0. The molecule has 0 unspecified atom stereocenters. The van der Waals surface area contributed by atoms with Crippen molar-refractivity contribution in [2.75, 3.05) is 6.61 Å². The lowest BCUT2D eigenvalue weighted by molar-refractivity contribution is 0.0892. The summed E-state index contributed by atoms with van der Waals surface area (Å²) in [7, 11) is 0. The average molecular weight is 282 g/mol. The molecule has 3 heteroatoms. The summed E-state index contributed by atoms with van der Waals surface area (Å²) in [4.78, 5) is 24.4. The van der Waals surface area contributed by atoms with Crippen molar-refractivity contribution in [2.24, 2.45) is 0 Å². The number of para-hydroxylation sites is 1. The zero-order valence-corrected chi connectivity index (χ0v) is 12.0. The second kappa shape index (κ2) is 7.39. The minimum atomic E-state index is -0.212. The quantitative estimate of drug-likeness (QED) is 0.571. The summed E-state index contributed by atoms with van der Waals surface area (Å²) in [5, 5.41) is 0. The van der Waals surface area contributed by atoms with Gasteiger partial charge in [0.15, 0.2) is 11.6 Å². The highest BCUT2D eigenvalue weighted by Crippen LogP contribution is 2.20. The van der Waals surface area contributed by atoms with Crippen LogP contribution in [0.3, 0.4) is 0 Å². The summed E-state index contributed by atoms with van der Waals surface area (Å²) in [6.45, 7) is 2.56. The van der Waals surface area contributed by atoms with Gasteiger partial charge in [-0.05, 0) is 18.6 Å². The molecule has 108 valence electrons. The van der Waals surface area contributed by atoms with Gasteiger partial charge in [-0.15, -0.1) is 0 Å². The lowest BCUT2D eigenvalue weighted by Gasteiger charge is -2.09. The predicted molar refractivity (Wildman–Crippen MR) is 81.9 cm³/mol. The maximum absolute atomic E-state index is 12.3. The fraction of sp³-hybridized carbons (Fsp3) is 0.222. The van der Waals surface area contributed by atoms with Crippen molar-refractivity contribution in [2.45, 2.75) is 19.8 Å². The molecule has 21 heavy (non-hydrogen) atoms. The first-order chi connectivity index (χ1) is 10.2. The first-order valence-corrected chi connectivity index (χ1v) is 7.05. The number of hydrogen-bond acceptors (Lipinski definition) is 3.